The van der Waals surface area contributed by atoms with Crippen molar-refractivity contribution in [3.8, 4) is 11.5 Å². The lowest BCUT2D eigenvalue weighted by atomic mass is 10.3. The fourth-order valence-corrected chi connectivity index (χ4v) is 2.58. The molecule has 110 valence electrons. The van der Waals surface area contributed by atoms with Crippen LogP contribution < -0.4 is 28.1 Å². The van der Waals surface area contributed by atoms with Gasteiger partial charge in [-0.1, -0.05) is 6.07 Å². The predicted octanol–water partition coefficient (Wildman–Crippen LogP) is -2.43. The van der Waals surface area contributed by atoms with Crippen molar-refractivity contribution in [1.29, 1.82) is 0 Å². The predicted molar refractivity (Wildman–Crippen MR) is 61.6 cm³/mol. The molecule has 6 nitrogen and oxygen atoms in total. The molecule has 1 aromatic carbocycles. The van der Waals surface area contributed by atoms with E-state index in [2.05, 4.69) is 13.2 Å². The van der Waals surface area contributed by atoms with E-state index in [1.165, 1.54) is 4.90 Å². The summed E-state index contributed by atoms with van der Waals surface area (Å²) in [6.07, 6.45) is 2.21. The van der Waals surface area contributed by atoms with Gasteiger partial charge in [0, 0.05) is 10.9 Å². The van der Waals surface area contributed by atoms with Crippen molar-refractivity contribution < 1.29 is 38.4 Å². The van der Waals surface area contributed by atoms with Gasteiger partial charge in [0.2, 0.25) is 4.90 Å². The Morgan fingerprint density at radius 2 is 1.42 bits per heavy atom. The van der Waals surface area contributed by atoms with Gasteiger partial charge in [-0.25, -0.2) is 18.6 Å². The molecule has 19 heavy (non-hydrogen) atoms. The van der Waals surface area contributed by atoms with Crippen LogP contribution in [0, 0.1) is 10.2 Å². The average Bonchev–Trinajstić information content (AvgIpc) is 2.34. The number of benzene rings is 1. The number of ether oxygens (including phenoxy) is 2. The van der Waals surface area contributed by atoms with Crippen molar-refractivity contribution in [2.75, 3.05) is 26.2 Å². The van der Waals surface area contributed by atoms with Gasteiger partial charge in [-0.2, -0.15) is 0 Å². The summed E-state index contributed by atoms with van der Waals surface area (Å²) < 4.78 is 44.6. The third-order valence-corrected chi connectivity index (χ3v) is 4.13. The summed E-state index contributed by atoms with van der Waals surface area (Å²) in [6.45, 7) is 2.18. The zero-order chi connectivity index (χ0) is 15.1. The van der Waals surface area contributed by atoms with E-state index in [1.54, 1.807) is 14.2 Å². The molecule has 0 saturated carbocycles. The van der Waals surface area contributed by atoms with Crippen molar-refractivity contribution in [3.05, 3.63) is 18.2 Å². The second kappa shape index (κ2) is 8.47. The summed E-state index contributed by atoms with van der Waals surface area (Å²) in [5.74, 6) is 2.96. The zero-order valence-corrected chi connectivity index (χ0v) is 12.7. The molecule has 0 aromatic heterocycles. The Morgan fingerprint density at radius 3 is 1.68 bits per heavy atom. The second-order valence-electron chi connectivity index (χ2n) is 3.30. The summed E-state index contributed by atoms with van der Waals surface area (Å²) in [6, 6.07) is 5.92. The summed E-state index contributed by atoms with van der Waals surface area (Å²) in [4.78, 5) is 1.19. The Labute approximate surface area is 117 Å². The van der Waals surface area contributed by atoms with Crippen LogP contribution in [0.3, 0.4) is 0 Å². The van der Waals surface area contributed by atoms with Crippen LogP contribution in [0.15, 0.2) is 23.1 Å². The highest BCUT2D eigenvalue weighted by atomic mass is 35.7. The molecule has 0 amide bonds. The Kier molecular flexibility index (Phi) is 8.15. The lowest BCUT2D eigenvalue weighted by molar-refractivity contribution is -2.00. The molecule has 1 atom stereocenters. The van der Waals surface area contributed by atoms with E-state index >= 15 is 0 Å². The summed E-state index contributed by atoms with van der Waals surface area (Å²) >= 11 is 0. The van der Waals surface area contributed by atoms with Gasteiger partial charge in [0.25, 0.3) is 0 Å². The van der Waals surface area contributed by atoms with Crippen LogP contribution in [0.4, 0.5) is 0 Å². The Hall–Kier alpha value is -0.700. The first-order valence-electron chi connectivity index (χ1n) is 5.19. The molecule has 0 heterocycles. The SMILES string of the molecule is CC[S+](C)c1c(OC)cccc1OC.[O-][Cl+3]([O-])([O-])[O-]. The highest BCUT2D eigenvalue weighted by Crippen LogP contribution is 2.33. The van der Waals surface area contributed by atoms with E-state index < -0.39 is 10.2 Å². The maximum Gasteiger partial charge on any atom is 0.238 e. The molecule has 0 spiro atoms. The van der Waals surface area contributed by atoms with Crippen molar-refractivity contribution in [2.45, 2.75) is 11.8 Å². The lowest BCUT2D eigenvalue weighted by Crippen LogP contribution is -2.68. The molecule has 0 aliphatic rings. The van der Waals surface area contributed by atoms with E-state index in [4.69, 9.17) is 28.1 Å². The number of hydrogen-bond acceptors (Lipinski definition) is 6. The molecule has 0 bridgehead atoms. The number of halogens is 1. The number of methoxy groups -OCH3 is 2. The number of rotatable bonds is 4. The molecule has 0 saturated heterocycles. The van der Waals surface area contributed by atoms with E-state index in [1.807, 2.05) is 18.2 Å². The van der Waals surface area contributed by atoms with Crippen molar-refractivity contribution >= 4 is 10.9 Å². The maximum absolute atomic E-state index is 8.49. The first-order valence-corrected chi connectivity index (χ1v) is 8.23. The van der Waals surface area contributed by atoms with Crippen molar-refractivity contribution in [1.82, 2.24) is 0 Å². The average molecular weight is 313 g/mol. The van der Waals surface area contributed by atoms with Gasteiger partial charge < -0.3 is 9.47 Å². The highest BCUT2D eigenvalue weighted by molar-refractivity contribution is 7.96. The van der Waals surface area contributed by atoms with Crippen LogP contribution in [0.1, 0.15) is 6.92 Å². The molecule has 1 unspecified atom stereocenters. The molecular formula is C11H17ClO6S. The van der Waals surface area contributed by atoms with Crippen LogP contribution in [-0.4, -0.2) is 26.2 Å². The van der Waals surface area contributed by atoms with Gasteiger partial charge in [0.05, 0.1) is 14.2 Å². The minimum atomic E-state index is -4.94. The zero-order valence-electron chi connectivity index (χ0n) is 11.2. The first kappa shape index (κ1) is 18.3. The first-order chi connectivity index (χ1) is 8.74. The Balaban J connectivity index is 0.000000555. The van der Waals surface area contributed by atoms with E-state index in [9.17, 15) is 0 Å². The molecular weight excluding hydrogens is 296 g/mol. The lowest BCUT2D eigenvalue weighted by Gasteiger charge is -2.17. The molecule has 1 aromatic rings. The van der Waals surface area contributed by atoms with Crippen molar-refractivity contribution in [2.24, 2.45) is 0 Å². The van der Waals surface area contributed by atoms with Crippen LogP contribution >= 0.6 is 0 Å². The third kappa shape index (κ3) is 7.46. The monoisotopic (exact) mass is 312 g/mol. The van der Waals surface area contributed by atoms with Crippen LogP contribution in [-0.2, 0) is 10.9 Å². The highest BCUT2D eigenvalue weighted by Gasteiger charge is 2.24. The number of hydrogen-bond donors (Lipinski definition) is 0. The van der Waals surface area contributed by atoms with Gasteiger partial charge in [-0.3, -0.25) is 0 Å². The molecule has 0 aliphatic carbocycles. The summed E-state index contributed by atoms with van der Waals surface area (Å²) in [7, 11) is -1.36. The van der Waals surface area contributed by atoms with E-state index in [0.717, 1.165) is 17.3 Å². The van der Waals surface area contributed by atoms with Gasteiger partial charge in [0.1, 0.15) is 12.0 Å². The van der Waals surface area contributed by atoms with Gasteiger partial charge in [-0.15, -0.1) is 10.2 Å². The molecule has 8 heteroatoms. The van der Waals surface area contributed by atoms with Gasteiger partial charge >= 0.3 is 0 Å². The quantitative estimate of drug-likeness (QED) is 0.572. The second-order valence-corrected chi connectivity index (χ2v) is 6.31. The van der Waals surface area contributed by atoms with Crippen LogP contribution in [0.5, 0.6) is 11.5 Å². The summed E-state index contributed by atoms with van der Waals surface area (Å²) in [5.41, 5.74) is 0. The smallest absolute Gasteiger partial charge is 0.238 e. The maximum atomic E-state index is 8.49. The van der Waals surface area contributed by atoms with Crippen molar-refractivity contribution in [3.63, 3.8) is 0 Å². The van der Waals surface area contributed by atoms with E-state index in [-0.39, 0.29) is 10.9 Å². The largest absolute Gasteiger partial charge is 0.491 e. The minimum Gasteiger partial charge on any atom is -0.491 e. The molecule has 0 aliphatic heterocycles. The van der Waals surface area contributed by atoms with Crippen LogP contribution in [0.2, 0.25) is 0 Å². The van der Waals surface area contributed by atoms with Gasteiger partial charge in [-0.05, 0) is 19.1 Å². The fraction of sp³-hybridized carbons (Fsp3) is 0.455. The normalized spacial score (nSPS) is 12.2. The topological polar surface area (TPSA) is 111 Å². The fourth-order valence-electron chi connectivity index (χ4n) is 1.30. The van der Waals surface area contributed by atoms with Gasteiger partial charge in [0.15, 0.2) is 11.5 Å². The molecule has 1 rings (SSSR count). The third-order valence-electron chi connectivity index (χ3n) is 2.16. The standard InChI is InChI=1S/C11H17O2S.ClHO4/c1-5-14(4)11-9(12-2)7-6-8-10(11)13-3;2-1(3,4)5/h6-8H,5H2,1-4H3;(H,2,3,4,5)/q+1;/p-1. The van der Waals surface area contributed by atoms with Crippen LogP contribution in [0.25, 0.3) is 0 Å². The Morgan fingerprint density at radius 1 is 1.05 bits per heavy atom. The van der Waals surface area contributed by atoms with E-state index in [0.29, 0.717) is 0 Å². The minimum absolute atomic E-state index is 0.187. The molecule has 0 N–H and O–H groups in total. The summed E-state index contributed by atoms with van der Waals surface area (Å²) in [5, 5.41) is 0. The molecule has 0 radical (unpaired) electrons. The molecule has 0 fully saturated rings. The Bertz CT molecular complexity index is 354.